The monoisotopic (exact) mass is 218 g/mol. The fourth-order valence-electron chi connectivity index (χ4n) is 1.67. The quantitative estimate of drug-likeness (QED) is 0.760. The summed E-state index contributed by atoms with van der Waals surface area (Å²) in [4.78, 5) is 1.31. The lowest BCUT2D eigenvalue weighted by Gasteiger charge is -2.08. The third-order valence-corrected chi connectivity index (χ3v) is 3.25. The van der Waals surface area contributed by atoms with Gasteiger partial charge in [-0.15, -0.1) is 11.3 Å². The number of ether oxygens (including phenoxy) is 1. The van der Waals surface area contributed by atoms with Crippen molar-refractivity contribution in [1.29, 1.82) is 0 Å². The molecule has 0 aliphatic rings. The summed E-state index contributed by atoms with van der Waals surface area (Å²) in [6, 6.07) is 10.7. The van der Waals surface area contributed by atoms with E-state index in [0.29, 0.717) is 6.61 Å². The molecule has 1 nitrogen and oxygen atoms in total. The zero-order valence-corrected chi connectivity index (χ0v) is 9.80. The zero-order chi connectivity index (χ0) is 10.7. The Bertz CT molecular complexity index is 432. The molecule has 0 amide bonds. The van der Waals surface area contributed by atoms with E-state index in [1.807, 2.05) is 0 Å². The van der Waals surface area contributed by atoms with Crippen molar-refractivity contribution in [2.45, 2.75) is 13.5 Å². The van der Waals surface area contributed by atoms with E-state index >= 15 is 0 Å². The lowest BCUT2D eigenvalue weighted by Crippen LogP contribution is -1.91. The summed E-state index contributed by atoms with van der Waals surface area (Å²) in [6.07, 6.45) is 0. The van der Waals surface area contributed by atoms with Gasteiger partial charge in [-0.1, -0.05) is 29.8 Å². The summed E-state index contributed by atoms with van der Waals surface area (Å²) in [5.41, 5.74) is 3.83. The molecule has 2 rings (SSSR count). The van der Waals surface area contributed by atoms with Crippen LogP contribution in [0.3, 0.4) is 0 Å². The van der Waals surface area contributed by atoms with Gasteiger partial charge in [0.05, 0.1) is 6.61 Å². The first-order valence-corrected chi connectivity index (χ1v) is 5.81. The molecule has 0 aliphatic heterocycles. The molecule has 0 unspecified atom stereocenters. The molecular formula is C13H14OS. The van der Waals surface area contributed by atoms with Crippen LogP contribution in [-0.4, -0.2) is 7.11 Å². The van der Waals surface area contributed by atoms with Gasteiger partial charge in [-0.2, -0.15) is 0 Å². The zero-order valence-electron chi connectivity index (χ0n) is 8.99. The molecule has 0 spiro atoms. The second-order valence-electron chi connectivity index (χ2n) is 3.57. The highest BCUT2D eigenvalue weighted by atomic mass is 32.1. The van der Waals surface area contributed by atoms with Gasteiger partial charge >= 0.3 is 0 Å². The van der Waals surface area contributed by atoms with Crippen LogP contribution in [0, 0.1) is 6.92 Å². The first kappa shape index (κ1) is 10.4. The van der Waals surface area contributed by atoms with Crippen LogP contribution in [0.2, 0.25) is 0 Å². The van der Waals surface area contributed by atoms with Crippen LogP contribution in [-0.2, 0) is 11.3 Å². The number of hydrogen-bond donors (Lipinski definition) is 0. The van der Waals surface area contributed by atoms with Crippen molar-refractivity contribution in [2.24, 2.45) is 0 Å². The first-order valence-electron chi connectivity index (χ1n) is 4.93. The van der Waals surface area contributed by atoms with Crippen molar-refractivity contribution in [3.63, 3.8) is 0 Å². The lowest BCUT2D eigenvalue weighted by molar-refractivity contribution is 0.185. The van der Waals surface area contributed by atoms with Gasteiger partial charge in [0, 0.05) is 12.0 Å². The Labute approximate surface area is 94.3 Å². The second-order valence-corrected chi connectivity index (χ2v) is 4.52. The number of thiophene rings is 1. The van der Waals surface area contributed by atoms with Crippen LogP contribution in [0.15, 0.2) is 35.7 Å². The second kappa shape index (κ2) is 4.60. The first-order chi connectivity index (χ1) is 7.31. The smallest absolute Gasteiger partial charge is 0.0719 e. The molecule has 0 fully saturated rings. The van der Waals surface area contributed by atoms with E-state index < -0.39 is 0 Å². The molecule has 78 valence electrons. The van der Waals surface area contributed by atoms with E-state index in [1.165, 1.54) is 21.6 Å². The molecule has 0 radical (unpaired) electrons. The third-order valence-electron chi connectivity index (χ3n) is 2.35. The summed E-state index contributed by atoms with van der Waals surface area (Å²) in [6.45, 7) is 2.78. The van der Waals surface area contributed by atoms with Crippen LogP contribution in [0.1, 0.15) is 11.1 Å². The van der Waals surface area contributed by atoms with E-state index in [9.17, 15) is 0 Å². The van der Waals surface area contributed by atoms with Crippen LogP contribution < -0.4 is 0 Å². The van der Waals surface area contributed by atoms with Gasteiger partial charge in [-0.3, -0.25) is 0 Å². The minimum atomic E-state index is 0.676. The number of hydrogen-bond acceptors (Lipinski definition) is 2. The van der Waals surface area contributed by atoms with E-state index in [4.69, 9.17) is 4.74 Å². The molecular weight excluding hydrogens is 204 g/mol. The Morgan fingerprint density at radius 1 is 1.27 bits per heavy atom. The van der Waals surface area contributed by atoms with Crippen molar-refractivity contribution in [1.82, 2.24) is 0 Å². The van der Waals surface area contributed by atoms with Gasteiger partial charge < -0.3 is 4.74 Å². The SMILES string of the molecule is COCc1cc(C)ccc1-c1cccs1. The molecule has 1 aromatic carbocycles. The van der Waals surface area contributed by atoms with E-state index in [2.05, 4.69) is 42.6 Å². The predicted octanol–water partition coefficient (Wildman–Crippen LogP) is 3.87. The van der Waals surface area contributed by atoms with Crippen LogP contribution in [0.5, 0.6) is 0 Å². The maximum absolute atomic E-state index is 5.23. The van der Waals surface area contributed by atoms with Crippen molar-refractivity contribution in [3.05, 3.63) is 46.8 Å². The number of aryl methyl sites for hydroxylation is 1. The van der Waals surface area contributed by atoms with E-state index in [0.717, 1.165) is 0 Å². The molecule has 0 aliphatic carbocycles. The number of benzene rings is 1. The van der Waals surface area contributed by atoms with Crippen LogP contribution in [0.25, 0.3) is 10.4 Å². The number of rotatable bonds is 3. The topological polar surface area (TPSA) is 9.23 Å². The Morgan fingerprint density at radius 3 is 2.80 bits per heavy atom. The van der Waals surface area contributed by atoms with Gasteiger partial charge in [0.1, 0.15) is 0 Å². The fourth-order valence-corrected chi connectivity index (χ4v) is 2.46. The maximum Gasteiger partial charge on any atom is 0.0719 e. The third kappa shape index (κ3) is 2.28. The highest BCUT2D eigenvalue weighted by Crippen LogP contribution is 2.29. The molecule has 0 N–H and O–H groups in total. The standard InChI is InChI=1S/C13H14OS/c1-10-5-6-12(11(8-10)9-14-2)13-4-3-7-15-13/h3-8H,9H2,1-2H3. The average molecular weight is 218 g/mol. The summed E-state index contributed by atoms with van der Waals surface area (Å²) in [5, 5.41) is 2.10. The van der Waals surface area contributed by atoms with Gasteiger partial charge in [-0.25, -0.2) is 0 Å². The molecule has 2 heteroatoms. The Kier molecular flexibility index (Phi) is 3.19. The van der Waals surface area contributed by atoms with Crippen LogP contribution >= 0.6 is 11.3 Å². The maximum atomic E-state index is 5.23. The Balaban J connectivity index is 2.46. The molecule has 0 saturated heterocycles. The van der Waals surface area contributed by atoms with Gasteiger partial charge in [0.15, 0.2) is 0 Å². The molecule has 1 heterocycles. The highest BCUT2D eigenvalue weighted by Gasteiger charge is 2.05. The minimum absolute atomic E-state index is 0.676. The molecule has 15 heavy (non-hydrogen) atoms. The minimum Gasteiger partial charge on any atom is -0.380 e. The fraction of sp³-hybridized carbons (Fsp3) is 0.231. The van der Waals surface area contributed by atoms with Gasteiger partial charge in [0.25, 0.3) is 0 Å². The predicted molar refractivity (Wildman–Crippen MR) is 65.2 cm³/mol. The van der Waals surface area contributed by atoms with Gasteiger partial charge in [-0.05, 0) is 29.5 Å². The van der Waals surface area contributed by atoms with Gasteiger partial charge in [0.2, 0.25) is 0 Å². The highest BCUT2D eigenvalue weighted by molar-refractivity contribution is 7.13. The molecule has 0 atom stereocenters. The average Bonchev–Trinajstić information content (AvgIpc) is 2.71. The summed E-state index contributed by atoms with van der Waals surface area (Å²) in [7, 11) is 1.74. The summed E-state index contributed by atoms with van der Waals surface area (Å²) >= 11 is 1.77. The largest absolute Gasteiger partial charge is 0.380 e. The molecule has 1 aromatic heterocycles. The molecule has 2 aromatic rings. The van der Waals surface area contributed by atoms with Crippen LogP contribution in [0.4, 0.5) is 0 Å². The van der Waals surface area contributed by atoms with Crippen molar-refractivity contribution < 1.29 is 4.74 Å². The van der Waals surface area contributed by atoms with E-state index in [1.54, 1.807) is 18.4 Å². The van der Waals surface area contributed by atoms with E-state index in [-0.39, 0.29) is 0 Å². The Morgan fingerprint density at radius 2 is 2.13 bits per heavy atom. The molecule has 0 saturated carbocycles. The van der Waals surface area contributed by atoms with Crippen molar-refractivity contribution in [3.8, 4) is 10.4 Å². The summed E-state index contributed by atoms with van der Waals surface area (Å²) < 4.78 is 5.23. The van der Waals surface area contributed by atoms with Crippen molar-refractivity contribution >= 4 is 11.3 Å². The Hall–Kier alpha value is -1.12. The molecule has 0 bridgehead atoms. The normalized spacial score (nSPS) is 10.5. The lowest BCUT2D eigenvalue weighted by atomic mass is 10.0. The summed E-state index contributed by atoms with van der Waals surface area (Å²) in [5.74, 6) is 0. The number of methoxy groups -OCH3 is 1. The van der Waals surface area contributed by atoms with Crippen molar-refractivity contribution in [2.75, 3.05) is 7.11 Å².